The molecule has 0 fully saturated rings. The second-order valence-electron chi connectivity index (χ2n) is 3.38. The monoisotopic (exact) mass is 306 g/mol. The van der Waals surface area contributed by atoms with Gasteiger partial charge in [0.25, 0.3) is 9.48 Å². The van der Waals surface area contributed by atoms with Crippen molar-refractivity contribution in [3.8, 4) is 11.3 Å². The third kappa shape index (κ3) is 2.75. The number of hydrogen-bond donors (Lipinski definition) is 0. The summed E-state index contributed by atoms with van der Waals surface area (Å²) in [6, 6.07) is 7.27. The molecule has 1 aromatic heterocycles. The van der Waals surface area contributed by atoms with Crippen LogP contribution in [-0.2, 0) is 3.79 Å². The fraction of sp³-hybridized carbons (Fsp3) is 0.100. The molecule has 0 aliphatic carbocycles. The van der Waals surface area contributed by atoms with E-state index in [0.717, 1.165) is 0 Å². The number of non-ortho nitro benzene ring substituents is 1. The van der Waals surface area contributed by atoms with Crippen molar-refractivity contribution in [1.82, 2.24) is 5.16 Å². The third-order valence-electron chi connectivity index (χ3n) is 2.16. The van der Waals surface area contributed by atoms with E-state index in [1.54, 1.807) is 0 Å². The molecule has 0 atom stereocenters. The van der Waals surface area contributed by atoms with Gasteiger partial charge in [0.15, 0.2) is 5.76 Å². The van der Waals surface area contributed by atoms with Gasteiger partial charge in [0.1, 0.15) is 5.69 Å². The van der Waals surface area contributed by atoms with Crippen LogP contribution in [0, 0.1) is 10.1 Å². The number of halogens is 3. The van der Waals surface area contributed by atoms with Crippen LogP contribution >= 0.6 is 34.8 Å². The molecule has 0 bridgehead atoms. The van der Waals surface area contributed by atoms with Gasteiger partial charge >= 0.3 is 0 Å². The second kappa shape index (κ2) is 4.76. The van der Waals surface area contributed by atoms with Crippen LogP contribution in [-0.4, -0.2) is 10.1 Å². The van der Waals surface area contributed by atoms with Gasteiger partial charge in [-0.3, -0.25) is 10.1 Å². The molecule has 0 saturated carbocycles. The minimum absolute atomic E-state index is 0.0103. The number of nitro groups is 1. The van der Waals surface area contributed by atoms with Gasteiger partial charge in [-0.15, -0.1) is 0 Å². The number of nitrogens with zero attached hydrogens (tertiary/aromatic N) is 2. The zero-order valence-corrected chi connectivity index (χ0v) is 10.9. The SMILES string of the molecule is O=[N+]([O-])c1ccc(-c2cc(C(Cl)(Cl)Cl)on2)cc1. The van der Waals surface area contributed by atoms with E-state index in [-0.39, 0.29) is 11.4 Å². The average molecular weight is 308 g/mol. The maximum atomic E-state index is 10.5. The lowest BCUT2D eigenvalue weighted by Crippen LogP contribution is -1.96. The Morgan fingerprint density at radius 3 is 2.28 bits per heavy atom. The van der Waals surface area contributed by atoms with E-state index in [9.17, 15) is 10.1 Å². The van der Waals surface area contributed by atoms with Crippen LogP contribution in [0.2, 0.25) is 0 Å². The van der Waals surface area contributed by atoms with Crippen LogP contribution in [0.1, 0.15) is 5.76 Å². The van der Waals surface area contributed by atoms with Crippen molar-refractivity contribution in [2.24, 2.45) is 0 Å². The van der Waals surface area contributed by atoms with Crippen molar-refractivity contribution in [3.05, 3.63) is 46.2 Å². The molecule has 18 heavy (non-hydrogen) atoms. The fourth-order valence-electron chi connectivity index (χ4n) is 1.30. The van der Waals surface area contributed by atoms with E-state index >= 15 is 0 Å². The molecule has 0 aliphatic rings. The molecule has 0 saturated heterocycles. The fourth-order valence-corrected chi connectivity index (χ4v) is 1.57. The standard InChI is InChI=1S/C10H5Cl3N2O3/c11-10(12,13)9-5-8(14-18-9)6-1-3-7(4-2-6)15(16)17/h1-5H. The van der Waals surface area contributed by atoms with Crippen molar-refractivity contribution >= 4 is 40.5 Å². The molecule has 8 heteroatoms. The largest absolute Gasteiger partial charge is 0.356 e. The first kappa shape index (κ1) is 13.1. The highest BCUT2D eigenvalue weighted by Gasteiger charge is 2.28. The van der Waals surface area contributed by atoms with Crippen molar-refractivity contribution in [3.63, 3.8) is 0 Å². The molecule has 0 aliphatic heterocycles. The lowest BCUT2D eigenvalue weighted by atomic mass is 10.1. The summed E-state index contributed by atoms with van der Waals surface area (Å²) in [6.45, 7) is 0. The lowest BCUT2D eigenvalue weighted by Gasteiger charge is -2.02. The first-order valence-corrected chi connectivity index (χ1v) is 5.80. The van der Waals surface area contributed by atoms with Crippen LogP contribution in [0.15, 0.2) is 34.9 Å². The smallest absolute Gasteiger partial charge is 0.269 e. The van der Waals surface area contributed by atoms with Gasteiger partial charge in [-0.05, 0) is 12.1 Å². The molecule has 0 unspecified atom stereocenters. The van der Waals surface area contributed by atoms with E-state index in [2.05, 4.69) is 5.16 Å². The number of rotatable bonds is 2. The summed E-state index contributed by atoms with van der Waals surface area (Å²) in [6.07, 6.45) is 0. The van der Waals surface area contributed by atoms with E-state index in [1.165, 1.54) is 30.3 Å². The van der Waals surface area contributed by atoms with Crippen LogP contribution < -0.4 is 0 Å². The highest BCUT2D eigenvalue weighted by atomic mass is 35.6. The summed E-state index contributed by atoms with van der Waals surface area (Å²) in [5, 5.41) is 14.2. The Hall–Kier alpha value is -1.30. The topological polar surface area (TPSA) is 69.2 Å². The zero-order valence-electron chi connectivity index (χ0n) is 8.64. The Bertz CT molecular complexity index is 575. The third-order valence-corrected chi connectivity index (χ3v) is 2.72. The van der Waals surface area contributed by atoms with Gasteiger partial charge in [-0.2, -0.15) is 0 Å². The molecule has 1 heterocycles. The molecule has 0 amide bonds. The molecule has 0 N–H and O–H groups in total. The van der Waals surface area contributed by atoms with Gasteiger partial charge in [0.05, 0.1) is 4.92 Å². The lowest BCUT2D eigenvalue weighted by molar-refractivity contribution is -0.384. The molecule has 0 spiro atoms. The van der Waals surface area contributed by atoms with Crippen molar-refractivity contribution in [1.29, 1.82) is 0 Å². The van der Waals surface area contributed by atoms with Crippen LogP contribution in [0.4, 0.5) is 5.69 Å². The van der Waals surface area contributed by atoms with Gasteiger partial charge in [-0.1, -0.05) is 40.0 Å². The molecule has 2 rings (SSSR count). The Kier molecular flexibility index (Phi) is 3.47. The first-order chi connectivity index (χ1) is 8.38. The number of aromatic nitrogens is 1. The normalized spacial score (nSPS) is 11.5. The van der Waals surface area contributed by atoms with E-state index < -0.39 is 8.72 Å². The molecule has 5 nitrogen and oxygen atoms in total. The molecular formula is C10H5Cl3N2O3. The first-order valence-electron chi connectivity index (χ1n) is 4.66. The number of benzene rings is 1. The number of hydrogen-bond acceptors (Lipinski definition) is 4. The second-order valence-corrected chi connectivity index (χ2v) is 5.66. The summed E-state index contributed by atoms with van der Waals surface area (Å²) in [5.41, 5.74) is 1.06. The Balaban J connectivity index is 2.32. The van der Waals surface area contributed by atoms with Gasteiger partial charge < -0.3 is 4.52 Å². The van der Waals surface area contributed by atoms with Crippen molar-refractivity contribution in [2.45, 2.75) is 3.79 Å². The Morgan fingerprint density at radius 2 is 1.83 bits per heavy atom. The quantitative estimate of drug-likeness (QED) is 0.476. The molecule has 0 radical (unpaired) electrons. The highest BCUT2D eigenvalue weighted by molar-refractivity contribution is 6.66. The van der Waals surface area contributed by atoms with Crippen molar-refractivity contribution < 1.29 is 9.45 Å². The van der Waals surface area contributed by atoms with Crippen molar-refractivity contribution in [2.75, 3.05) is 0 Å². The van der Waals surface area contributed by atoms with Gasteiger partial charge in [0, 0.05) is 23.8 Å². The van der Waals surface area contributed by atoms with Gasteiger partial charge in [-0.25, -0.2) is 0 Å². The molecule has 94 valence electrons. The van der Waals surface area contributed by atoms with E-state index in [1.807, 2.05) is 0 Å². The number of alkyl halides is 3. The summed E-state index contributed by atoms with van der Waals surface area (Å²) in [4.78, 5) is 10.0. The summed E-state index contributed by atoms with van der Waals surface area (Å²) in [5.74, 6) is 0.0841. The van der Waals surface area contributed by atoms with Crippen LogP contribution in [0.25, 0.3) is 11.3 Å². The van der Waals surface area contributed by atoms with E-state index in [4.69, 9.17) is 39.3 Å². The highest BCUT2D eigenvalue weighted by Crippen LogP contribution is 2.39. The summed E-state index contributed by atoms with van der Waals surface area (Å²) in [7, 11) is 0. The minimum atomic E-state index is -1.69. The van der Waals surface area contributed by atoms with Gasteiger partial charge in [0.2, 0.25) is 0 Å². The summed E-state index contributed by atoms with van der Waals surface area (Å²) < 4.78 is 3.19. The van der Waals surface area contributed by atoms with Crippen LogP contribution in [0.3, 0.4) is 0 Å². The summed E-state index contributed by atoms with van der Waals surface area (Å²) >= 11 is 16.9. The van der Waals surface area contributed by atoms with Crippen LogP contribution in [0.5, 0.6) is 0 Å². The predicted octanol–water partition coefficient (Wildman–Crippen LogP) is 4.08. The number of nitro benzene ring substituents is 1. The molecule has 2 aromatic rings. The maximum absolute atomic E-state index is 10.5. The Labute approximate surface area is 116 Å². The molecule has 1 aromatic carbocycles. The average Bonchev–Trinajstić information content (AvgIpc) is 2.78. The maximum Gasteiger partial charge on any atom is 0.269 e. The Morgan fingerprint density at radius 1 is 1.22 bits per heavy atom. The zero-order chi connectivity index (χ0) is 13.3. The predicted molar refractivity (Wildman–Crippen MR) is 67.8 cm³/mol. The minimum Gasteiger partial charge on any atom is -0.356 e. The van der Waals surface area contributed by atoms with E-state index in [0.29, 0.717) is 11.3 Å². The molecular weight excluding hydrogens is 302 g/mol.